The second kappa shape index (κ2) is 12.1. The number of para-hydroxylation sites is 1. The summed E-state index contributed by atoms with van der Waals surface area (Å²) in [6.07, 6.45) is -0.322. The number of nitrogens with zero attached hydrogens (tertiary/aromatic N) is 3. The number of anilines is 1. The van der Waals surface area contributed by atoms with E-state index in [9.17, 15) is 18.7 Å². The van der Waals surface area contributed by atoms with Crippen LogP contribution in [-0.2, 0) is 11.2 Å². The summed E-state index contributed by atoms with van der Waals surface area (Å²) in [6, 6.07) is 12.4. The first-order chi connectivity index (χ1) is 17.8. The molecule has 3 aromatic rings. The van der Waals surface area contributed by atoms with Crippen LogP contribution in [0.25, 0.3) is 5.69 Å². The quantitative estimate of drug-likeness (QED) is 0.356. The van der Waals surface area contributed by atoms with E-state index in [0.717, 1.165) is 11.8 Å². The lowest BCUT2D eigenvalue weighted by Gasteiger charge is -2.21. The molecule has 37 heavy (non-hydrogen) atoms. The van der Waals surface area contributed by atoms with Gasteiger partial charge in [-0.15, -0.1) is 0 Å². The first-order valence-electron chi connectivity index (χ1n) is 12.0. The number of rotatable bonds is 9. The number of urea groups is 1. The number of aliphatic hydroxyl groups is 1. The van der Waals surface area contributed by atoms with Crippen molar-refractivity contribution in [3.8, 4) is 5.69 Å². The van der Waals surface area contributed by atoms with E-state index in [-0.39, 0.29) is 12.0 Å². The molecule has 2 amide bonds. The van der Waals surface area contributed by atoms with Crippen molar-refractivity contribution >= 4 is 27.8 Å². The van der Waals surface area contributed by atoms with E-state index in [1.807, 2.05) is 30.3 Å². The Balaban J connectivity index is 1.57. The van der Waals surface area contributed by atoms with Crippen molar-refractivity contribution in [2.24, 2.45) is 0 Å². The van der Waals surface area contributed by atoms with Crippen LogP contribution in [0.2, 0.25) is 0 Å². The molecule has 0 bridgehead atoms. The number of ether oxygens (including phenoxy) is 1. The van der Waals surface area contributed by atoms with Crippen LogP contribution < -0.4 is 10.6 Å². The van der Waals surface area contributed by atoms with E-state index in [1.165, 1.54) is 6.07 Å². The summed E-state index contributed by atoms with van der Waals surface area (Å²) < 4.78 is 34.9. The van der Waals surface area contributed by atoms with E-state index in [0.29, 0.717) is 54.2 Å². The van der Waals surface area contributed by atoms with Crippen molar-refractivity contribution in [2.45, 2.75) is 31.4 Å². The van der Waals surface area contributed by atoms with Gasteiger partial charge in [-0.1, -0.05) is 24.3 Å². The molecular weight excluding hydrogens is 548 g/mol. The smallest absolute Gasteiger partial charge is 0.320 e. The SMILES string of the molecule is COCCN1CC(NC(=O)Nc2c(Br)c(CC(C)O)nn2-c2ccccc2)C(c2ccc(F)c(F)c2)C1. The van der Waals surface area contributed by atoms with Gasteiger partial charge in [0.1, 0.15) is 0 Å². The van der Waals surface area contributed by atoms with Gasteiger partial charge >= 0.3 is 6.03 Å². The van der Waals surface area contributed by atoms with E-state index in [2.05, 4.69) is 36.6 Å². The Labute approximate surface area is 222 Å². The molecule has 1 aromatic heterocycles. The van der Waals surface area contributed by atoms with Gasteiger partial charge in [0.05, 0.1) is 34.6 Å². The highest BCUT2D eigenvalue weighted by Crippen LogP contribution is 2.31. The summed E-state index contributed by atoms with van der Waals surface area (Å²) >= 11 is 3.53. The largest absolute Gasteiger partial charge is 0.393 e. The number of methoxy groups -OCH3 is 1. The van der Waals surface area contributed by atoms with Crippen molar-refractivity contribution in [3.05, 3.63) is 75.9 Å². The maximum Gasteiger partial charge on any atom is 0.320 e. The van der Waals surface area contributed by atoms with Crippen LogP contribution in [0.3, 0.4) is 0 Å². The van der Waals surface area contributed by atoms with Crippen molar-refractivity contribution < 1.29 is 23.4 Å². The zero-order chi connectivity index (χ0) is 26.5. The average molecular weight is 578 g/mol. The molecule has 1 saturated heterocycles. The second-order valence-corrected chi connectivity index (χ2v) is 9.94. The van der Waals surface area contributed by atoms with Gasteiger partial charge in [-0.3, -0.25) is 10.2 Å². The summed E-state index contributed by atoms with van der Waals surface area (Å²) in [7, 11) is 1.62. The van der Waals surface area contributed by atoms with Crippen LogP contribution in [0.5, 0.6) is 0 Å². The van der Waals surface area contributed by atoms with Gasteiger partial charge in [0.2, 0.25) is 0 Å². The molecule has 8 nitrogen and oxygen atoms in total. The fourth-order valence-corrected chi connectivity index (χ4v) is 5.05. The van der Waals surface area contributed by atoms with Crippen molar-refractivity contribution in [1.82, 2.24) is 20.0 Å². The van der Waals surface area contributed by atoms with Crippen LogP contribution >= 0.6 is 15.9 Å². The van der Waals surface area contributed by atoms with E-state index < -0.39 is 23.8 Å². The molecule has 0 radical (unpaired) electrons. The first kappa shape index (κ1) is 27.2. The predicted octanol–water partition coefficient (Wildman–Crippen LogP) is 4.07. The third-order valence-corrected chi connectivity index (χ3v) is 7.14. The maximum atomic E-state index is 14.0. The molecule has 4 rings (SSSR count). The zero-order valence-electron chi connectivity index (χ0n) is 20.6. The Morgan fingerprint density at radius 2 is 1.97 bits per heavy atom. The van der Waals surface area contributed by atoms with Gasteiger partial charge in [0.15, 0.2) is 17.5 Å². The van der Waals surface area contributed by atoms with Crippen LogP contribution in [0.4, 0.5) is 19.4 Å². The highest BCUT2D eigenvalue weighted by Gasteiger charge is 2.35. The third kappa shape index (κ3) is 6.53. The molecule has 2 heterocycles. The number of carbonyl (C=O) groups excluding carboxylic acids is 1. The summed E-state index contributed by atoms with van der Waals surface area (Å²) in [4.78, 5) is 15.4. The summed E-state index contributed by atoms with van der Waals surface area (Å²) in [5, 5.41) is 20.4. The average Bonchev–Trinajstić information content (AvgIpc) is 3.40. The number of aromatic nitrogens is 2. The molecule has 3 N–H and O–H groups in total. The third-order valence-electron chi connectivity index (χ3n) is 6.31. The molecular formula is C26H30BrF2N5O3. The predicted molar refractivity (Wildman–Crippen MR) is 140 cm³/mol. The number of halogens is 3. The lowest BCUT2D eigenvalue weighted by atomic mass is 9.94. The molecule has 2 aromatic carbocycles. The fourth-order valence-electron chi connectivity index (χ4n) is 4.55. The minimum absolute atomic E-state index is 0.244. The van der Waals surface area contributed by atoms with E-state index >= 15 is 0 Å². The number of hydrogen-bond acceptors (Lipinski definition) is 5. The molecule has 3 unspecified atom stereocenters. The molecule has 0 aliphatic carbocycles. The van der Waals surface area contributed by atoms with Crippen LogP contribution in [-0.4, -0.2) is 71.3 Å². The first-order valence-corrected chi connectivity index (χ1v) is 12.8. The van der Waals surface area contributed by atoms with Crippen LogP contribution in [0.15, 0.2) is 53.0 Å². The standard InChI is InChI=1S/C26H30BrF2N5O3/c1-16(35)12-22-24(27)25(34(32-22)18-6-4-3-5-7-18)31-26(36)30-23-15-33(10-11-37-2)14-19(23)17-8-9-20(28)21(29)13-17/h3-9,13,16,19,23,35H,10-12,14-15H2,1-2H3,(H2,30,31,36). The van der Waals surface area contributed by atoms with Crippen molar-refractivity contribution in [1.29, 1.82) is 0 Å². The van der Waals surface area contributed by atoms with E-state index in [1.54, 1.807) is 24.8 Å². The topological polar surface area (TPSA) is 91.7 Å². The molecule has 0 spiro atoms. The maximum absolute atomic E-state index is 14.0. The molecule has 1 aliphatic heterocycles. The van der Waals surface area contributed by atoms with Crippen LogP contribution in [0, 0.1) is 11.6 Å². The Morgan fingerprint density at radius 1 is 1.22 bits per heavy atom. The highest BCUT2D eigenvalue weighted by molar-refractivity contribution is 9.10. The molecule has 198 valence electrons. The Kier molecular flexibility index (Phi) is 8.91. The molecule has 1 fully saturated rings. The molecule has 3 atom stereocenters. The minimum Gasteiger partial charge on any atom is -0.393 e. The molecule has 0 saturated carbocycles. The Morgan fingerprint density at radius 3 is 2.65 bits per heavy atom. The lowest BCUT2D eigenvalue weighted by Crippen LogP contribution is -2.42. The molecule has 11 heteroatoms. The number of carbonyl (C=O) groups is 1. The number of hydrogen-bond donors (Lipinski definition) is 3. The van der Waals surface area contributed by atoms with Crippen molar-refractivity contribution in [2.75, 3.05) is 38.7 Å². The van der Waals surface area contributed by atoms with E-state index in [4.69, 9.17) is 4.74 Å². The Bertz CT molecular complexity index is 1220. The number of amides is 2. The second-order valence-electron chi connectivity index (χ2n) is 9.15. The number of nitrogens with one attached hydrogen (secondary N) is 2. The highest BCUT2D eigenvalue weighted by atomic mass is 79.9. The normalized spacial score (nSPS) is 18.6. The lowest BCUT2D eigenvalue weighted by molar-refractivity contribution is 0.159. The Hall–Kier alpha value is -2.86. The zero-order valence-corrected chi connectivity index (χ0v) is 22.2. The van der Waals surface area contributed by atoms with Gasteiger partial charge in [-0.05, 0) is 52.7 Å². The number of aliphatic hydroxyl groups excluding tert-OH is 1. The van der Waals surface area contributed by atoms with Gasteiger partial charge in [0, 0.05) is 39.1 Å². The monoisotopic (exact) mass is 577 g/mol. The summed E-state index contributed by atoms with van der Waals surface area (Å²) in [5.41, 5.74) is 1.95. The van der Waals surface area contributed by atoms with Gasteiger partial charge in [-0.25, -0.2) is 18.3 Å². The number of benzene rings is 2. The van der Waals surface area contributed by atoms with Gasteiger partial charge in [0.25, 0.3) is 0 Å². The van der Waals surface area contributed by atoms with Crippen molar-refractivity contribution in [3.63, 3.8) is 0 Å². The van der Waals surface area contributed by atoms with Crippen LogP contribution in [0.1, 0.15) is 24.1 Å². The fraction of sp³-hybridized carbons (Fsp3) is 0.385. The van der Waals surface area contributed by atoms with Gasteiger partial charge < -0.3 is 15.2 Å². The molecule has 1 aliphatic rings. The van der Waals surface area contributed by atoms with Gasteiger partial charge in [-0.2, -0.15) is 5.10 Å². The minimum atomic E-state index is -0.919. The number of likely N-dealkylation sites (tertiary alicyclic amines) is 1. The summed E-state index contributed by atoms with van der Waals surface area (Å²) in [6.45, 7) is 3.90. The summed E-state index contributed by atoms with van der Waals surface area (Å²) in [5.74, 6) is -1.66.